The lowest BCUT2D eigenvalue weighted by molar-refractivity contribution is -0.148. The van der Waals surface area contributed by atoms with E-state index in [4.69, 9.17) is 10.5 Å². The van der Waals surface area contributed by atoms with Crippen LogP contribution in [0.2, 0.25) is 0 Å². The van der Waals surface area contributed by atoms with Gasteiger partial charge in [0, 0.05) is 21.6 Å². The van der Waals surface area contributed by atoms with E-state index in [1.165, 1.54) is 5.56 Å². The molecule has 1 aromatic carbocycles. The molecular weight excluding hydrogens is 382 g/mol. The molecule has 1 saturated heterocycles. The maximum Gasteiger partial charge on any atom is 0.242 e. The Balaban J connectivity index is 1.91. The molecule has 3 N–H and O–H groups in total. The third-order valence-corrected chi connectivity index (χ3v) is 5.67. The van der Waals surface area contributed by atoms with E-state index in [1.807, 2.05) is 50.9 Å². The van der Waals surface area contributed by atoms with Crippen molar-refractivity contribution in [1.29, 1.82) is 0 Å². The highest BCUT2D eigenvalue weighted by Crippen LogP contribution is 2.33. The van der Waals surface area contributed by atoms with Crippen molar-refractivity contribution in [3.05, 3.63) is 34.4 Å². The number of nitrogens with zero attached hydrogens (tertiary/aromatic N) is 1. The van der Waals surface area contributed by atoms with Gasteiger partial charge in [-0.15, -0.1) is 0 Å². The van der Waals surface area contributed by atoms with Crippen molar-refractivity contribution >= 4 is 32.7 Å². The van der Waals surface area contributed by atoms with Gasteiger partial charge in [0.1, 0.15) is 5.72 Å². The maximum absolute atomic E-state index is 13.0. The molecule has 3 rings (SSSR count). The van der Waals surface area contributed by atoms with Gasteiger partial charge in [0.25, 0.3) is 0 Å². The number of nitrogens with two attached hydrogens (primary N) is 1. The zero-order chi connectivity index (χ0) is 18.4. The van der Waals surface area contributed by atoms with Crippen LogP contribution in [0.15, 0.2) is 28.9 Å². The van der Waals surface area contributed by atoms with E-state index in [0.717, 1.165) is 21.8 Å². The van der Waals surface area contributed by atoms with Crippen molar-refractivity contribution < 1.29 is 9.53 Å². The number of halogens is 1. The second-order valence-corrected chi connectivity index (χ2v) is 8.42. The molecule has 136 valence electrons. The molecule has 0 aliphatic carbocycles. The molecule has 1 aromatic heterocycles. The number of ether oxygens (including phenoxy) is 1. The molecular formula is C19H26BrN3O2. The summed E-state index contributed by atoms with van der Waals surface area (Å²) in [4.78, 5) is 18.1. The minimum atomic E-state index is -0.641. The number of carbonyl (C=O) groups excluding carboxylic acids is 1. The van der Waals surface area contributed by atoms with E-state index in [2.05, 4.69) is 27.0 Å². The summed E-state index contributed by atoms with van der Waals surface area (Å²) in [6.07, 6.45) is 2.74. The van der Waals surface area contributed by atoms with E-state index < -0.39 is 11.8 Å². The van der Waals surface area contributed by atoms with Gasteiger partial charge in [-0.3, -0.25) is 4.79 Å². The molecule has 25 heavy (non-hydrogen) atoms. The Hall–Kier alpha value is -1.37. The lowest BCUT2D eigenvalue weighted by Gasteiger charge is -2.36. The Morgan fingerprint density at radius 2 is 2.20 bits per heavy atom. The predicted molar refractivity (Wildman–Crippen MR) is 103 cm³/mol. The Bertz CT molecular complexity index is 784. The zero-order valence-corrected chi connectivity index (χ0v) is 16.8. The molecule has 1 amide bonds. The van der Waals surface area contributed by atoms with Crippen LogP contribution >= 0.6 is 15.9 Å². The average molecular weight is 408 g/mol. The Morgan fingerprint density at radius 3 is 2.88 bits per heavy atom. The van der Waals surface area contributed by atoms with Gasteiger partial charge in [-0.25, -0.2) is 0 Å². The molecule has 1 fully saturated rings. The van der Waals surface area contributed by atoms with Gasteiger partial charge < -0.3 is 20.4 Å². The molecule has 5 nitrogen and oxygen atoms in total. The van der Waals surface area contributed by atoms with Crippen LogP contribution in [-0.4, -0.2) is 40.2 Å². The van der Waals surface area contributed by atoms with E-state index in [-0.39, 0.29) is 17.9 Å². The number of nitrogens with one attached hydrogen (secondary N) is 1. The average Bonchev–Trinajstić information content (AvgIpc) is 3.08. The van der Waals surface area contributed by atoms with Gasteiger partial charge in [-0.2, -0.15) is 0 Å². The number of rotatable bonds is 4. The fraction of sp³-hybridized carbons (Fsp3) is 0.526. The van der Waals surface area contributed by atoms with Gasteiger partial charge in [0.2, 0.25) is 5.91 Å². The van der Waals surface area contributed by atoms with Crippen molar-refractivity contribution in [2.24, 2.45) is 11.7 Å². The predicted octanol–water partition coefficient (Wildman–Crippen LogP) is 3.42. The van der Waals surface area contributed by atoms with Crippen LogP contribution in [0, 0.1) is 5.92 Å². The van der Waals surface area contributed by atoms with Crippen LogP contribution in [0.5, 0.6) is 0 Å². The molecule has 6 heteroatoms. The first-order chi connectivity index (χ1) is 11.7. The monoisotopic (exact) mass is 407 g/mol. The van der Waals surface area contributed by atoms with Gasteiger partial charge in [0.15, 0.2) is 0 Å². The van der Waals surface area contributed by atoms with Crippen molar-refractivity contribution in [2.75, 3.05) is 6.61 Å². The number of aromatic nitrogens is 1. The number of fused-ring (bicyclic) bond motifs is 1. The Morgan fingerprint density at radius 1 is 1.48 bits per heavy atom. The molecule has 0 radical (unpaired) electrons. The van der Waals surface area contributed by atoms with E-state index in [0.29, 0.717) is 6.61 Å². The number of aromatic amines is 1. The SMILES string of the molecule is CC(C)[C@H](N)C(=O)N1[C@@H](Cc2c[nH]c3cccc(Br)c23)COC1(C)C. The zero-order valence-electron chi connectivity index (χ0n) is 15.2. The minimum Gasteiger partial charge on any atom is -0.361 e. The number of amides is 1. The molecule has 2 atom stereocenters. The number of hydrogen-bond donors (Lipinski definition) is 2. The summed E-state index contributed by atoms with van der Waals surface area (Å²) in [5.74, 6) is 0.0493. The summed E-state index contributed by atoms with van der Waals surface area (Å²) in [6.45, 7) is 8.32. The smallest absolute Gasteiger partial charge is 0.242 e. The molecule has 0 unspecified atom stereocenters. The highest BCUT2D eigenvalue weighted by atomic mass is 79.9. The van der Waals surface area contributed by atoms with Crippen molar-refractivity contribution in [3.8, 4) is 0 Å². The summed E-state index contributed by atoms with van der Waals surface area (Å²) >= 11 is 3.63. The van der Waals surface area contributed by atoms with Gasteiger partial charge in [0.05, 0.1) is 18.7 Å². The number of benzene rings is 1. The molecule has 2 aromatic rings. The first-order valence-corrected chi connectivity index (χ1v) is 9.49. The highest BCUT2D eigenvalue weighted by Gasteiger charge is 2.45. The quantitative estimate of drug-likeness (QED) is 0.815. The Kier molecular flexibility index (Phi) is 4.97. The third kappa shape index (κ3) is 3.35. The lowest BCUT2D eigenvalue weighted by atomic mass is 9.99. The van der Waals surface area contributed by atoms with Crippen LogP contribution in [0.3, 0.4) is 0 Å². The van der Waals surface area contributed by atoms with Gasteiger partial charge >= 0.3 is 0 Å². The first-order valence-electron chi connectivity index (χ1n) is 8.69. The van der Waals surface area contributed by atoms with Gasteiger partial charge in [-0.05, 0) is 43.9 Å². The molecule has 2 heterocycles. The summed E-state index contributed by atoms with van der Waals surface area (Å²) in [7, 11) is 0. The van der Waals surface area contributed by atoms with E-state index in [1.54, 1.807) is 0 Å². The molecule has 0 spiro atoms. The number of hydrogen-bond acceptors (Lipinski definition) is 3. The largest absolute Gasteiger partial charge is 0.361 e. The van der Waals surface area contributed by atoms with Gasteiger partial charge in [-0.1, -0.05) is 35.8 Å². The van der Waals surface area contributed by atoms with Crippen LogP contribution in [0.1, 0.15) is 33.3 Å². The van der Waals surface area contributed by atoms with E-state index >= 15 is 0 Å². The molecule has 1 aliphatic rings. The van der Waals surface area contributed by atoms with Crippen molar-refractivity contribution in [2.45, 2.75) is 51.9 Å². The normalized spacial score (nSPS) is 21.2. The van der Waals surface area contributed by atoms with Crippen LogP contribution < -0.4 is 5.73 Å². The highest BCUT2D eigenvalue weighted by molar-refractivity contribution is 9.10. The summed E-state index contributed by atoms with van der Waals surface area (Å²) in [5.41, 5.74) is 7.76. The lowest BCUT2D eigenvalue weighted by Crippen LogP contribution is -2.55. The fourth-order valence-electron chi connectivity index (χ4n) is 3.55. The van der Waals surface area contributed by atoms with E-state index in [9.17, 15) is 4.79 Å². The Labute approximate surface area is 157 Å². The maximum atomic E-state index is 13.0. The van der Waals surface area contributed by atoms with Crippen LogP contribution in [0.25, 0.3) is 10.9 Å². The number of H-pyrrole nitrogens is 1. The minimum absolute atomic E-state index is 0.0293. The second kappa shape index (κ2) is 6.74. The summed E-state index contributed by atoms with van der Waals surface area (Å²) in [6, 6.07) is 5.55. The molecule has 0 bridgehead atoms. The first kappa shape index (κ1) is 18.4. The summed E-state index contributed by atoms with van der Waals surface area (Å²) < 4.78 is 6.99. The second-order valence-electron chi connectivity index (χ2n) is 7.57. The fourth-order valence-corrected chi connectivity index (χ4v) is 4.17. The molecule has 1 aliphatic heterocycles. The number of carbonyl (C=O) groups is 1. The van der Waals surface area contributed by atoms with Crippen molar-refractivity contribution in [1.82, 2.24) is 9.88 Å². The van der Waals surface area contributed by atoms with Crippen LogP contribution in [-0.2, 0) is 16.0 Å². The standard InChI is InChI=1S/C19H26BrN3O2/c1-11(2)17(21)18(24)23-13(10-25-19(23,3)4)8-12-9-22-15-7-5-6-14(20)16(12)15/h5-7,9,11,13,17,22H,8,10,21H2,1-4H3/t13-,17-/m0/s1. The summed E-state index contributed by atoms with van der Waals surface area (Å²) in [5, 5.41) is 1.16. The van der Waals surface area contributed by atoms with Crippen molar-refractivity contribution in [3.63, 3.8) is 0 Å². The third-order valence-electron chi connectivity index (χ3n) is 5.01. The molecule has 0 saturated carbocycles. The van der Waals surface area contributed by atoms with Crippen LogP contribution in [0.4, 0.5) is 0 Å². The topological polar surface area (TPSA) is 71.4 Å².